The highest BCUT2D eigenvalue weighted by Gasteiger charge is 2.43. The second-order valence-electron chi connectivity index (χ2n) is 5.73. The lowest BCUT2D eigenvalue weighted by Gasteiger charge is -2.39. The van der Waals surface area contributed by atoms with E-state index in [4.69, 9.17) is 9.47 Å². The van der Waals surface area contributed by atoms with E-state index in [0.29, 0.717) is 13.2 Å². The fraction of sp³-hybridized carbons (Fsp3) is 0.600. The quantitative estimate of drug-likeness (QED) is 0.812. The first-order valence-electron chi connectivity index (χ1n) is 6.94. The summed E-state index contributed by atoms with van der Waals surface area (Å²) in [5, 5.41) is 10.7. The van der Waals surface area contributed by atoms with Crippen molar-refractivity contribution in [2.75, 3.05) is 19.8 Å². The van der Waals surface area contributed by atoms with Crippen LogP contribution in [0.15, 0.2) is 27.1 Å². The van der Waals surface area contributed by atoms with E-state index in [1.54, 1.807) is 0 Å². The van der Waals surface area contributed by atoms with Crippen molar-refractivity contribution >= 4 is 31.9 Å². The summed E-state index contributed by atoms with van der Waals surface area (Å²) in [5.74, 6) is 0.228. The Morgan fingerprint density at radius 1 is 1.20 bits per heavy atom. The zero-order valence-electron chi connectivity index (χ0n) is 11.1. The van der Waals surface area contributed by atoms with E-state index in [1.165, 1.54) is 0 Å². The molecule has 0 amide bonds. The first-order valence-corrected chi connectivity index (χ1v) is 8.52. The lowest BCUT2D eigenvalue weighted by Crippen LogP contribution is -2.41. The predicted molar refractivity (Wildman–Crippen MR) is 83.6 cm³/mol. The van der Waals surface area contributed by atoms with Crippen LogP contribution < -0.4 is 0 Å². The zero-order valence-corrected chi connectivity index (χ0v) is 14.3. The molecule has 2 saturated heterocycles. The number of hydrogen-bond acceptors (Lipinski definition) is 3. The van der Waals surface area contributed by atoms with Crippen LogP contribution >= 0.6 is 31.9 Å². The van der Waals surface area contributed by atoms with Gasteiger partial charge in [0.1, 0.15) is 0 Å². The molecule has 3 rings (SSSR count). The van der Waals surface area contributed by atoms with Gasteiger partial charge in [0.05, 0.1) is 18.3 Å². The third-order valence-corrected chi connectivity index (χ3v) is 5.19. The third kappa shape index (κ3) is 3.12. The summed E-state index contributed by atoms with van der Waals surface area (Å²) in [6, 6.07) is 5.96. The molecule has 2 fully saturated rings. The minimum atomic E-state index is -0.454. The second kappa shape index (κ2) is 6.05. The Kier molecular flexibility index (Phi) is 4.53. The zero-order chi connectivity index (χ0) is 14.2. The van der Waals surface area contributed by atoms with Crippen molar-refractivity contribution in [2.24, 2.45) is 5.92 Å². The van der Waals surface area contributed by atoms with Crippen LogP contribution in [0, 0.1) is 5.92 Å². The molecule has 3 atom stereocenters. The topological polar surface area (TPSA) is 38.7 Å². The Morgan fingerprint density at radius 2 is 1.95 bits per heavy atom. The maximum atomic E-state index is 10.7. The molecule has 3 unspecified atom stereocenters. The van der Waals surface area contributed by atoms with E-state index in [2.05, 4.69) is 31.9 Å². The van der Waals surface area contributed by atoms with Gasteiger partial charge in [0, 0.05) is 28.6 Å². The molecule has 0 bridgehead atoms. The predicted octanol–water partition coefficient (Wildman–Crippen LogP) is 3.83. The summed E-state index contributed by atoms with van der Waals surface area (Å²) >= 11 is 6.96. The third-order valence-electron chi connectivity index (χ3n) is 4.27. The largest absolute Gasteiger partial charge is 0.388 e. The summed E-state index contributed by atoms with van der Waals surface area (Å²) in [6.45, 7) is 2.14. The summed E-state index contributed by atoms with van der Waals surface area (Å²) in [4.78, 5) is 0. The number of halogens is 2. The van der Waals surface area contributed by atoms with Gasteiger partial charge in [-0.25, -0.2) is 0 Å². The SMILES string of the molecule is OC(c1cc(Br)cc(Br)c1)C1CCOC2(CCOC2)C1. The van der Waals surface area contributed by atoms with Gasteiger partial charge in [-0.1, -0.05) is 31.9 Å². The maximum Gasteiger partial charge on any atom is 0.0940 e. The van der Waals surface area contributed by atoms with E-state index in [9.17, 15) is 5.11 Å². The van der Waals surface area contributed by atoms with Gasteiger partial charge in [0.15, 0.2) is 0 Å². The average molecular weight is 406 g/mol. The normalized spacial score (nSPS) is 31.6. The van der Waals surface area contributed by atoms with Gasteiger partial charge in [-0.2, -0.15) is 0 Å². The van der Waals surface area contributed by atoms with E-state index in [0.717, 1.165) is 40.4 Å². The molecular formula is C15H18Br2O3. The number of ether oxygens (including phenoxy) is 2. The summed E-state index contributed by atoms with van der Waals surface area (Å²) in [6.07, 6.45) is 2.26. The van der Waals surface area contributed by atoms with E-state index < -0.39 is 6.10 Å². The molecule has 1 N–H and O–H groups in total. The number of rotatable bonds is 2. The number of benzene rings is 1. The molecule has 5 heteroatoms. The van der Waals surface area contributed by atoms with Gasteiger partial charge in [-0.15, -0.1) is 0 Å². The van der Waals surface area contributed by atoms with Crippen LogP contribution in [0.2, 0.25) is 0 Å². The van der Waals surface area contributed by atoms with Gasteiger partial charge in [0.2, 0.25) is 0 Å². The average Bonchev–Trinajstić information content (AvgIpc) is 2.85. The van der Waals surface area contributed by atoms with Crippen LogP contribution in [0.25, 0.3) is 0 Å². The van der Waals surface area contributed by atoms with Gasteiger partial charge in [0.25, 0.3) is 0 Å². The van der Waals surface area contributed by atoms with Crippen molar-refractivity contribution in [2.45, 2.75) is 31.0 Å². The first kappa shape index (κ1) is 15.0. The van der Waals surface area contributed by atoms with Crippen LogP contribution in [0.5, 0.6) is 0 Å². The molecule has 0 aliphatic carbocycles. The monoisotopic (exact) mass is 404 g/mol. The fourth-order valence-electron chi connectivity index (χ4n) is 3.22. The maximum absolute atomic E-state index is 10.7. The second-order valence-corrected chi connectivity index (χ2v) is 7.57. The minimum Gasteiger partial charge on any atom is -0.388 e. The lowest BCUT2D eigenvalue weighted by atomic mass is 9.80. The molecular weight excluding hydrogens is 388 g/mol. The van der Waals surface area contributed by atoms with Gasteiger partial charge >= 0.3 is 0 Å². The van der Waals surface area contributed by atoms with E-state index in [-0.39, 0.29) is 11.5 Å². The van der Waals surface area contributed by atoms with Gasteiger partial charge in [-0.05, 0) is 42.5 Å². The minimum absolute atomic E-state index is 0.160. The van der Waals surface area contributed by atoms with Crippen LogP contribution in [0.3, 0.4) is 0 Å². The molecule has 20 heavy (non-hydrogen) atoms. The summed E-state index contributed by atoms with van der Waals surface area (Å²) < 4.78 is 13.4. The molecule has 1 aromatic carbocycles. The highest BCUT2D eigenvalue weighted by atomic mass is 79.9. The van der Waals surface area contributed by atoms with Gasteiger partial charge < -0.3 is 14.6 Å². The Labute approximate surface area is 135 Å². The van der Waals surface area contributed by atoms with Crippen LogP contribution in [0.1, 0.15) is 30.9 Å². The Morgan fingerprint density at radius 3 is 2.60 bits per heavy atom. The molecule has 110 valence electrons. The van der Waals surface area contributed by atoms with Crippen LogP contribution in [-0.2, 0) is 9.47 Å². The van der Waals surface area contributed by atoms with Crippen LogP contribution in [-0.4, -0.2) is 30.5 Å². The van der Waals surface area contributed by atoms with Crippen molar-refractivity contribution in [3.8, 4) is 0 Å². The molecule has 2 aliphatic rings. The molecule has 2 heterocycles. The Hall–Kier alpha value is 0.0600. The Bertz CT molecular complexity index is 466. The van der Waals surface area contributed by atoms with E-state index >= 15 is 0 Å². The first-order chi connectivity index (χ1) is 9.58. The van der Waals surface area contributed by atoms with Crippen LogP contribution in [0.4, 0.5) is 0 Å². The number of aliphatic hydroxyl groups is 1. The van der Waals surface area contributed by atoms with Crippen molar-refractivity contribution in [3.05, 3.63) is 32.7 Å². The molecule has 0 saturated carbocycles. The van der Waals surface area contributed by atoms with Crippen molar-refractivity contribution < 1.29 is 14.6 Å². The number of hydrogen-bond donors (Lipinski definition) is 1. The standard InChI is InChI=1S/C15H18Br2O3/c16-12-5-11(6-13(17)7-12)14(18)10-1-3-20-15(8-10)2-4-19-9-15/h5-7,10,14,18H,1-4,8-9H2. The molecule has 1 aromatic rings. The lowest BCUT2D eigenvalue weighted by molar-refractivity contribution is -0.117. The fourth-order valence-corrected chi connectivity index (χ4v) is 4.55. The number of aliphatic hydroxyl groups excluding tert-OH is 1. The smallest absolute Gasteiger partial charge is 0.0940 e. The highest BCUT2D eigenvalue weighted by molar-refractivity contribution is 9.11. The molecule has 0 radical (unpaired) electrons. The van der Waals surface area contributed by atoms with E-state index in [1.807, 2.05) is 18.2 Å². The van der Waals surface area contributed by atoms with Crippen molar-refractivity contribution in [1.29, 1.82) is 0 Å². The molecule has 0 aromatic heterocycles. The molecule has 2 aliphatic heterocycles. The Balaban J connectivity index is 1.77. The van der Waals surface area contributed by atoms with Gasteiger partial charge in [-0.3, -0.25) is 0 Å². The molecule has 1 spiro atoms. The molecule has 3 nitrogen and oxygen atoms in total. The van der Waals surface area contributed by atoms with Crippen molar-refractivity contribution in [1.82, 2.24) is 0 Å². The summed E-state index contributed by atoms with van der Waals surface area (Å²) in [5.41, 5.74) is 0.792. The summed E-state index contributed by atoms with van der Waals surface area (Å²) in [7, 11) is 0. The van der Waals surface area contributed by atoms with Crippen molar-refractivity contribution in [3.63, 3.8) is 0 Å². The highest BCUT2D eigenvalue weighted by Crippen LogP contribution is 2.41.